The van der Waals surface area contributed by atoms with E-state index in [1.54, 1.807) is 0 Å². The van der Waals surface area contributed by atoms with Gasteiger partial charge in [0.15, 0.2) is 0 Å². The third-order valence-corrected chi connectivity index (χ3v) is 4.43. The van der Waals surface area contributed by atoms with Crippen LogP contribution in [-0.2, 0) is 0 Å². The molecule has 20 heavy (non-hydrogen) atoms. The first-order valence-electron chi connectivity index (χ1n) is 6.87. The van der Waals surface area contributed by atoms with Crippen LogP contribution in [0.15, 0.2) is 53.4 Å². The Morgan fingerprint density at radius 1 is 1.15 bits per heavy atom. The van der Waals surface area contributed by atoms with Gasteiger partial charge in [0.2, 0.25) is 0 Å². The van der Waals surface area contributed by atoms with Crippen molar-refractivity contribution in [2.45, 2.75) is 24.8 Å². The third kappa shape index (κ3) is 4.55. The van der Waals surface area contributed by atoms with Crippen molar-refractivity contribution in [3.63, 3.8) is 0 Å². The molecule has 2 aromatic rings. The van der Waals surface area contributed by atoms with E-state index in [0.29, 0.717) is 6.04 Å². The zero-order chi connectivity index (χ0) is 14.4. The average Bonchev–Trinajstić information content (AvgIpc) is 2.43. The summed E-state index contributed by atoms with van der Waals surface area (Å²) in [6.45, 7) is 5.25. The third-order valence-electron chi connectivity index (χ3n) is 3.11. The van der Waals surface area contributed by atoms with E-state index in [-0.39, 0.29) is 0 Å². The summed E-state index contributed by atoms with van der Waals surface area (Å²) < 4.78 is 0. The lowest BCUT2D eigenvalue weighted by Crippen LogP contribution is -2.23. The molecule has 0 aromatic heterocycles. The molecule has 0 heterocycles. The van der Waals surface area contributed by atoms with Crippen LogP contribution in [0.1, 0.15) is 24.1 Å². The summed E-state index contributed by atoms with van der Waals surface area (Å²) in [4.78, 5) is 1.22. The molecule has 0 bridgehead atoms. The molecule has 0 aliphatic rings. The lowest BCUT2D eigenvalue weighted by atomic mass is 10.1. The van der Waals surface area contributed by atoms with Gasteiger partial charge in [-0.25, -0.2) is 0 Å². The van der Waals surface area contributed by atoms with E-state index in [9.17, 15) is 0 Å². The second-order valence-corrected chi connectivity index (χ2v) is 6.32. The summed E-state index contributed by atoms with van der Waals surface area (Å²) >= 11 is 7.87. The van der Waals surface area contributed by atoms with Crippen LogP contribution >= 0.6 is 23.4 Å². The number of rotatable bonds is 6. The number of aryl methyl sites for hydroxylation is 1. The Bertz CT molecular complexity index is 556. The highest BCUT2D eigenvalue weighted by atomic mass is 35.5. The minimum atomic E-state index is 0.365. The van der Waals surface area contributed by atoms with E-state index in [2.05, 4.69) is 49.5 Å². The first-order chi connectivity index (χ1) is 9.69. The molecule has 0 radical (unpaired) electrons. The average molecular weight is 306 g/mol. The molecule has 0 aliphatic carbocycles. The minimum Gasteiger partial charge on any atom is -0.309 e. The minimum absolute atomic E-state index is 0.365. The van der Waals surface area contributed by atoms with E-state index in [1.165, 1.54) is 16.0 Å². The van der Waals surface area contributed by atoms with Crippen molar-refractivity contribution < 1.29 is 0 Å². The second kappa shape index (κ2) is 7.72. The van der Waals surface area contributed by atoms with Crippen LogP contribution < -0.4 is 5.32 Å². The number of nitrogens with one attached hydrogen (secondary N) is 1. The zero-order valence-electron chi connectivity index (χ0n) is 11.9. The summed E-state index contributed by atoms with van der Waals surface area (Å²) in [5, 5.41) is 4.35. The normalized spacial score (nSPS) is 12.3. The topological polar surface area (TPSA) is 12.0 Å². The Morgan fingerprint density at radius 2 is 1.95 bits per heavy atom. The van der Waals surface area contributed by atoms with Gasteiger partial charge < -0.3 is 5.32 Å². The fraction of sp³-hybridized carbons (Fsp3) is 0.294. The molecule has 3 heteroatoms. The maximum Gasteiger partial charge on any atom is 0.0417 e. The molecule has 0 saturated heterocycles. The largest absolute Gasteiger partial charge is 0.309 e. The van der Waals surface area contributed by atoms with E-state index < -0.39 is 0 Å². The standard InChI is InChI=1S/C17H20ClNS/c1-3-19-17(14-7-4-6-13(2)10-14)12-20-16-9-5-8-15(18)11-16/h4-11,17,19H,3,12H2,1-2H3. The van der Waals surface area contributed by atoms with Crippen LogP contribution in [0.3, 0.4) is 0 Å². The highest BCUT2D eigenvalue weighted by Crippen LogP contribution is 2.27. The summed E-state index contributed by atoms with van der Waals surface area (Å²) in [7, 11) is 0. The van der Waals surface area contributed by atoms with Gasteiger partial charge in [-0.2, -0.15) is 0 Å². The lowest BCUT2D eigenvalue weighted by molar-refractivity contribution is 0.605. The Labute approximate surface area is 130 Å². The predicted molar refractivity (Wildman–Crippen MR) is 89.8 cm³/mol. The van der Waals surface area contributed by atoms with Crippen molar-refractivity contribution in [1.29, 1.82) is 0 Å². The molecule has 0 saturated carbocycles. The van der Waals surface area contributed by atoms with Gasteiger partial charge in [0.1, 0.15) is 0 Å². The van der Waals surface area contributed by atoms with Crippen molar-refractivity contribution in [1.82, 2.24) is 5.32 Å². The molecule has 2 aromatic carbocycles. The fourth-order valence-corrected chi connectivity index (χ4v) is 3.45. The Kier molecular flexibility index (Phi) is 5.96. The van der Waals surface area contributed by atoms with E-state index >= 15 is 0 Å². The van der Waals surface area contributed by atoms with Crippen LogP contribution in [0.2, 0.25) is 5.02 Å². The molecule has 1 atom stereocenters. The van der Waals surface area contributed by atoms with Crippen LogP contribution in [0, 0.1) is 6.92 Å². The number of hydrogen-bond donors (Lipinski definition) is 1. The summed E-state index contributed by atoms with van der Waals surface area (Å²) in [6.07, 6.45) is 0. The molecule has 0 fully saturated rings. The quantitative estimate of drug-likeness (QED) is 0.746. The monoisotopic (exact) mass is 305 g/mol. The maximum absolute atomic E-state index is 6.03. The van der Waals surface area contributed by atoms with E-state index in [0.717, 1.165) is 17.3 Å². The Hall–Kier alpha value is -0.960. The first-order valence-corrected chi connectivity index (χ1v) is 8.23. The van der Waals surface area contributed by atoms with Crippen molar-refractivity contribution in [2.75, 3.05) is 12.3 Å². The van der Waals surface area contributed by atoms with Crippen molar-refractivity contribution in [2.24, 2.45) is 0 Å². The molecular weight excluding hydrogens is 286 g/mol. The summed E-state index contributed by atoms with van der Waals surface area (Å²) in [5.41, 5.74) is 2.65. The smallest absolute Gasteiger partial charge is 0.0417 e. The molecule has 106 valence electrons. The lowest BCUT2D eigenvalue weighted by Gasteiger charge is -2.18. The van der Waals surface area contributed by atoms with Crippen LogP contribution in [-0.4, -0.2) is 12.3 Å². The van der Waals surface area contributed by atoms with Crippen LogP contribution in [0.25, 0.3) is 0 Å². The van der Waals surface area contributed by atoms with Gasteiger partial charge in [-0.15, -0.1) is 11.8 Å². The SMILES string of the molecule is CCNC(CSc1cccc(Cl)c1)c1cccc(C)c1. The number of hydrogen-bond acceptors (Lipinski definition) is 2. The maximum atomic E-state index is 6.03. The number of benzene rings is 2. The predicted octanol–water partition coefficient (Wildman–Crippen LogP) is 5.09. The van der Waals surface area contributed by atoms with E-state index in [4.69, 9.17) is 11.6 Å². The summed E-state index contributed by atoms with van der Waals surface area (Å²) in [5.74, 6) is 0.998. The Balaban J connectivity index is 2.06. The molecule has 1 nitrogen and oxygen atoms in total. The Morgan fingerprint density at radius 3 is 2.65 bits per heavy atom. The molecule has 0 amide bonds. The molecule has 0 spiro atoms. The fourth-order valence-electron chi connectivity index (χ4n) is 2.14. The summed E-state index contributed by atoms with van der Waals surface area (Å²) in [6, 6.07) is 17.1. The van der Waals surface area contributed by atoms with Crippen LogP contribution in [0.4, 0.5) is 0 Å². The van der Waals surface area contributed by atoms with Gasteiger partial charge in [-0.1, -0.05) is 54.4 Å². The van der Waals surface area contributed by atoms with Gasteiger partial charge in [-0.05, 0) is 37.2 Å². The van der Waals surface area contributed by atoms with Gasteiger partial charge in [0.25, 0.3) is 0 Å². The zero-order valence-corrected chi connectivity index (χ0v) is 13.5. The molecular formula is C17H20ClNS. The second-order valence-electron chi connectivity index (χ2n) is 4.79. The van der Waals surface area contributed by atoms with Gasteiger partial charge in [0.05, 0.1) is 0 Å². The van der Waals surface area contributed by atoms with Gasteiger partial charge in [-0.3, -0.25) is 0 Å². The molecule has 2 rings (SSSR count). The van der Waals surface area contributed by atoms with Crippen molar-refractivity contribution in [3.05, 3.63) is 64.7 Å². The van der Waals surface area contributed by atoms with Gasteiger partial charge >= 0.3 is 0 Å². The highest BCUT2D eigenvalue weighted by Gasteiger charge is 2.11. The number of thioether (sulfide) groups is 1. The van der Waals surface area contributed by atoms with Crippen LogP contribution in [0.5, 0.6) is 0 Å². The van der Waals surface area contributed by atoms with Crippen molar-refractivity contribution >= 4 is 23.4 Å². The molecule has 1 N–H and O–H groups in total. The van der Waals surface area contributed by atoms with E-state index in [1.807, 2.05) is 30.0 Å². The van der Waals surface area contributed by atoms with Gasteiger partial charge in [0, 0.05) is 21.7 Å². The molecule has 0 aliphatic heterocycles. The highest BCUT2D eigenvalue weighted by molar-refractivity contribution is 7.99. The van der Waals surface area contributed by atoms with Crippen molar-refractivity contribution in [3.8, 4) is 0 Å². The first kappa shape index (κ1) is 15.4. The number of halogens is 1. The molecule has 1 unspecified atom stereocenters.